The Morgan fingerprint density at radius 2 is 2.19 bits per heavy atom. The maximum atomic E-state index is 9.53. The molecule has 0 fully saturated rings. The summed E-state index contributed by atoms with van der Waals surface area (Å²) in [5, 5.41) is 17.3. The number of fused-ring (bicyclic) bond motifs is 2. The highest BCUT2D eigenvalue weighted by Gasteiger charge is 2.18. The maximum absolute atomic E-state index is 9.53. The van der Waals surface area contributed by atoms with Gasteiger partial charge in [-0.3, -0.25) is 10.2 Å². The molecule has 1 aliphatic heterocycles. The molecule has 3 aromatic rings. The van der Waals surface area contributed by atoms with E-state index in [0.717, 1.165) is 27.3 Å². The smallest absolute Gasteiger partial charge is 0.159 e. The highest BCUT2D eigenvalue weighted by atomic mass is 16.9. The van der Waals surface area contributed by atoms with Crippen molar-refractivity contribution in [3.63, 3.8) is 0 Å². The van der Waals surface area contributed by atoms with Crippen LogP contribution in [0.25, 0.3) is 10.9 Å². The summed E-state index contributed by atoms with van der Waals surface area (Å²) in [7, 11) is 3.44. The minimum absolute atomic E-state index is 0.333. The fourth-order valence-electron chi connectivity index (χ4n) is 2.87. The monoisotopic (exact) mass is 351 g/mol. The summed E-state index contributed by atoms with van der Waals surface area (Å²) in [6, 6.07) is 11.3. The summed E-state index contributed by atoms with van der Waals surface area (Å²) in [5.74, 6) is 1.37. The third-order valence-electron chi connectivity index (χ3n) is 4.17. The topological polar surface area (TPSA) is 83.3 Å². The average molecular weight is 351 g/mol. The first-order valence-corrected chi connectivity index (χ1v) is 7.97. The number of hydrogen-bond acceptors (Lipinski definition) is 8. The Balaban J connectivity index is 1.64. The number of rotatable bonds is 4. The number of anilines is 2. The zero-order chi connectivity index (χ0) is 18.1. The van der Waals surface area contributed by atoms with E-state index in [9.17, 15) is 5.21 Å². The van der Waals surface area contributed by atoms with Crippen LogP contribution < -0.4 is 15.0 Å². The highest BCUT2D eigenvalue weighted by molar-refractivity contribution is 5.93. The third-order valence-corrected chi connectivity index (χ3v) is 4.17. The molecule has 8 nitrogen and oxygen atoms in total. The van der Waals surface area contributed by atoms with E-state index in [1.54, 1.807) is 24.4 Å². The van der Waals surface area contributed by atoms with Crippen molar-refractivity contribution in [1.29, 1.82) is 0 Å². The number of nitrogens with zero attached hydrogens (tertiary/aromatic N) is 5. The van der Waals surface area contributed by atoms with E-state index in [4.69, 9.17) is 9.57 Å². The summed E-state index contributed by atoms with van der Waals surface area (Å²) in [4.78, 5) is 13.7. The van der Waals surface area contributed by atoms with Crippen molar-refractivity contribution in [3.05, 3.63) is 53.9 Å². The molecule has 4 rings (SSSR count). The molecule has 0 atom stereocenters. The first-order chi connectivity index (χ1) is 12.7. The summed E-state index contributed by atoms with van der Waals surface area (Å²) in [5.41, 5.74) is 3.17. The first-order valence-electron chi connectivity index (χ1n) is 7.97. The Labute approximate surface area is 149 Å². The molecule has 0 radical (unpaired) electrons. The van der Waals surface area contributed by atoms with E-state index in [1.807, 2.05) is 37.4 Å². The van der Waals surface area contributed by atoms with Crippen molar-refractivity contribution in [2.24, 2.45) is 5.10 Å². The molecule has 0 saturated heterocycles. The lowest BCUT2D eigenvalue weighted by Crippen LogP contribution is -2.12. The van der Waals surface area contributed by atoms with Gasteiger partial charge in [0, 0.05) is 18.0 Å². The fraction of sp³-hybridized carbons (Fsp3) is 0.167. The molecule has 2 aromatic carbocycles. The van der Waals surface area contributed by atoms with Gasteiger partial charge in [-0.25, -0.2) is 14.8 Å². The molecule has 0 bridgehead atoms. The van der Waals surface area contributed by atoms with E-state index in [-0.39, 0.29) is 0 Å². The summed E-state index contributed by atoms with van der Waals surface area (Å²) >= 11 is 0. The molecule has 1 aliphatic rings. The van der Waals surface area contributed by atoms with Gasteiger partial charge in [-0.15, -0.1) is 5.23 Å². The number of hydrogen-bond donors (Lipinski definition) is 1. The van der Waals surface area contributed by atoms with Gasteiger partial charge in [0.2, 0.25) is 0 Å². The molecule has 26 heavy (non-hydrogen) atoms. The van der Waals surface area contributed by atoms with Gasteiger partial charge in [-0.2, -0.15) is 5.10 Å². The lowest BCUT2D eigenvalue weighted by molar-refractivity contribution is -0.0329. The largest absolute Gasteiger partial charge is 0.494 e. The third kappa shape index (κ3) is 2.81. The van der Waals surface area contributed by atoms with Gasteiger partial charge in [-0.1, -0.05) is 12.1 Å². The van der Waals surface area contributed by atoms with Crippen LogP contribution in [0.1, 0.15) is 11.1 Å². The Morgan fingerprint density at radius 1 is 1.31 bits per heavy atom. The zero-order valence-corrected chi connectivity index (χ0v) is 14.3. The second-order valence-electron chi connectivity index (χ2n) is 5.76. The van der Waals surface area contributed by atoms with Crippen LogP contribution in [-0.2, 0) is 11.4 Å². The second-order valence-corrected chi connectivity index (χ2v) is 5.76. The van der Waals surface area contributed by atoms with E-state index in [2.05, 4.69) is 15.1 Å². The van der Waals surface area contributed by atoms with E-state index < -0.39 is 0 Å². The number of methoxy groups -OCH3 is 1. The van der Waals surface area contributed by atoms with Crippen LogP contribution in [0.3, 0.4) is 0 Å². The summed E-state index contributed by atoms with van der Waals surface area (Å²) < 4.78 is 5.36. The molecule has 0 spiro atoms. The van der Waals surface area contributed by atoms with Gasteiger partial charge < -0.3 is 4.74 Å². The van der Waals surface area contributed by atoms with Crippen LogP contribution in [-0.4, -0.2) is 35.5 Å². The minimum atomic E-state index is 0.333. The molecule has 0 amide bonds. The minimum Gasteiger partial charge on any atom is -0.494 e. The molecular weight excluding hydrogens is 334 g/mol. The molecule has 132 valence electrons. The molecule has 2 heterocycles. The first kappa shape index (κ1) is 16.2. The second kappa shape index (κ2) is 6.58. The van der Waals surface area contributed by atoms with Crippen molar-refractivity contribution >= 4 is 28.6 Å². The molecular formula is C18H17N5O3. The highest BCUT2D eigenvalue weighted by Crippen LogP contribution is 2.29. The van der Waals surface area contributed by atoms with Gasteiger partial charge in [0.15, 0.2) is 5.82 Å². The predicted octanol–water partition coefficient (Wildman–Crippen LogP) is 2.75. The van der Waals surface area contributed by atoms with Gasteiger partial charge in [0.1, 0.15) is 29.9 Å². The number of hydrazone groups is 1. The Kier molecular flexibility index (Phi) is 4.11. The van der Waals surface area contributed by atoms with Crippen LogP contribution in [0.15, 0.2) is 47.8 Å². The van der Waals surface area contributed by atoms with Crippen LogP contribution >= 0.6 is 0 Å². The Bertz CT molecular complexity index is 992. The van der Waals surface area contributed by atoms with Crippen molar-refractivity contribution in [3.8, 4) is 5.75 Å². The van der Waals surface area contributed by atoms with Crippen LogP contribution in [0.2, 0.25) is 0 Å². The predicted molar refractivity (Wildman–Crippen MR) is 97.6 cm³/mol. The normalized spacial score (nSPS) is 13.4. The average Bonchev–Trinajstić information content (AvgIpc) is 3.05. The van der Waals surface area contributed by atoms with E-state index in [0.29, 0.717) is 23.9 Å². The lowest BCUT2D eigenvalue weighted by Gasteiger charge is -2.14. The zero-order valence-electron chi connectivity index (χ0n) is 14.3. The van der Waals surface area contributed by atoms with Gasteiger partial charge in [0.05, 0.1) is 13.3 Å². The van der Waals surface area contributed by atoms with Gasteiger partial charge >= 0.3 is 0 Å². The van der Waals surface area contributed by atoms with Crippen molar-refractivity contribution in [2.45, 2.75) is 6.61 Å². The summed E-state index contributed by atoms with van der Waals surface area (Å²) in [6.45, 7) is 0.333. The summed E-state index contributed by atoms with van der Waals surface area (Å²) in [6.07, 6.45) is 3.23. The van der Waals surface area contributed by atoms with E-state index in [1.165, 1.54) is 6.33 Å². The molecule has 0 saturated carbocycles. The van der Waals surface area contributed by atoms with Crippen LogP contribution in [0, 0.1) is 0 Å². The quantitative estimate of drug-likeness (QED) is 0.571. The molecule has 0 unspecified atom stereocenters. The molecule has 1 aromatic heterocycles. The van der Waals surface area contributed by atoms with Gasteiger partial charge in [-0.05, 0) is 29.8 Å². The van der Waals surface area contributed by atoms with Crippen molar-refractivity contribution in [1.82, 2.24) is 9.97 Å². The van der Waals surface area contributed by atoms with Gasteiger partial charge in [0.25, 0.3) is 0 Å². The lowest BCUT2D eigenvalue weighted by atomic mass is 10.1. The SMILES string of the molecule is COc1cccc2c(N(C)/N=C/c3ccc4c(c3)CON4O)ncnc12. The van der Waals surface area contributed by atoms with Crippen LogP contribution in [0.4, 0.5) is 11.5 Å². The fourth-order valence-corrected chi connectivity index (χ4v) is 2.87. The van der Waals surface area contributed by atoms with Crippen molar-refractivity contribution in [2.75, 3.05) is 24.4 Å². The molecule has 0 aliphatic carbocycles. The number of para-hydroxylation sites is 1. The van der Waals surface area contributed by atoms with E-state index >= 15 is 0 Å². The van der Waals surface area contributed by atoms with Crippen molar-refractivity contribution < 1.29 is 14.8 Å². The number of aromatic nitrogens is 2. The number of ether oxygens (including phenoxy) is 1. The molecule has 1 N–H and O–H groups in total. The Morgan fingerprint density at radius 3 is 3.04 bits per heavy atom. The maximum Gasteiger partial charge on any atom is 0.159 e. The number of benzene rings is 2. The Hall–Kier alpha value is -3.23. The molecule has 8 heteroatoms. The standard InChI is InChI=1S/C18H17N5O3/c1-22(18-14-4-3-5-16(25-2)17(14)19-11-20-18)21-9-12-6-7-15-13(8-12)10-26-23(15)24/h3-9,11,24H,10H2,1-2H3/b21-9+. The van der Waals surface area contributed by atoms with Crippen LogP contribution in [0.5, 0.6) is 5.75 Å².